The molecule has 0 bridgehead atoms. The van der Waals surface area contributed by atoms with Crippen LogP contribution in [0.4, 0.5) is 4.39 Å². The van der Waals surface area contributed by atoms with E-state index in [0.717, 1.165) is 5.56 Å². The van der Waals surface area contributed by atoms with E-state index in [2.05, 4.69) is 13.8 Å². The molecule has 0 saturated heterocycles. The average Bonchev–Trinajstić information content (AvgIpc) is 2.41. The maximum Gasteiger partial charge on any atom is 0.167 e. The highest BCUT2D eigenvalue weighted by Crippen LogP contribution is 2.32. The van der Waals surface area contributed by atoms with E-state index < -0.39 is 5.82 Å². The molecule has 0 fully saturated rings. The maximum atomic E-state index is 14.0. The van der Waals surface area contributed by atoms with Crippen molar-refractivity contribution in [2.75, 3.05) is 0 Å². The van der Waals surface area contributed by atoms with Crippen LogP contribution < -0.4 is 10.5 Å². The lowest BCUT2D eigenvalue weighted by atomic mass is 10.0. The number of para-hydroxylation sites is 1. The van der Waals surface area contributed by atoms with E-state index in [9.17, 15) is 4.39 Å². The number of hydrogen-bond acceptors (Lipinski definition) is 2. The Kier molecular flexibility index (Phi) is 4.40. The first-order valence-electron chi connectivity index (χ1n) is 6.81. The molecule has 0 aromatic heterocycles. The molecular formula is C17H20FNO. The van der Waals surface area contributed by atoms with Crippen molar-refractivity contribution in [3.05, 3.63) is 59.4 Å². The predicted molar refractivity (Wildman–Crippen MR) is 79.6 cm³/mol. The van der Waals surface area contributed by atoms with Crippen LogP contribution >= 0.6 is 0 Å². The molecule has 0 aliphatic rings. The molecule has 2 nitrogen and oxygen atoms in total. The molecule has 0 saturated carbocycles. The molecule has 0 radical (unpaired) electrons. The van der Waals surface area contributed by atoms with Crippen molar-refractivity contribution in [1.29, 1.82) is 0 Å². The first kappa shape index (κ1) is 14.5. The third kappa shape index (κ3) is 3.17. The van der Waals surface area contributed by atoms with Gasteiger partial charge in [-0.2, -0.15) is 0 Å². The summed E-state index contributed by atoms with van der Waals surface area (Å²) in [4.78, 5) is 0. The minimum Gasteiger partial charge on any atom is -0.454 e. The second-order valence-corrected chi connectivity index (χ2v) is 5.28. The summed E-state index contributed by atoms with van der Waals surface area (Å²) in [5.41, 5.74) is 7.69. The van der Waals surface area contributed by atoms with Gasteiger partial charge in [-0.15, -0.1) is 0 Å². The van der Waals surface area contributed by atoms with Crippen LogP contribution in [0.5, 0.6) is 11.5 Å². The van der Waals surface area contributed by atoms with Gasteiger partial charge >= 0.3 is 0 Å². The van der Waals surface area contributed by atoms with Gasteiger partial charge in [0, 0.05) is 11.6 Å². The Labute approximate surface area is 119 Å². The molecule has 2 rings (SSSR count). The van der Waals surface area contributed by atoms with E-state index in [4.69, 9.17) is 10.5 Å². The summed E-state index contributed by atoms with van der Waals surface area (Å²) in [6, 6.07) is 12.2. The molecular weight excluding hydrogens is 253 g/mol. The monoisotopic (exact) mass is 273 g/mol. The third-order valence-corrected chi connectivity index (χ3v) is 3.23. The van der Waals surface area contributed by atoms with Crippen molar-refractivity contribution in [1.82, 2.24) is 0 Å². The van der Waals surface area contributed by atoms with Gasteiger partial charge in [0.05, 0.1) is 0 Å². The van der Waals surface area contributed by atoms with Crippen LogP contribution in [-0.2, 0) is 0 Å². The van der Waals surface area contributed by atoms with Gasteiger partial charge in [0.25, 0.3) is 0 Å². The maximum absolute atomic E-state index is 14.0. The molecule has 2 aromatic rings. The van der Waals surface area contributed by atoms with Gasteiger partial charge in [0.2, 0.25) is 0 Å². The minimum absolute atomic E-state index is 0.211. The third-order valence-electron chi connectivity index (χ3n) is 3.23. The fourth-order valence-electron chi connectivity index (χ4n) is 2.05. The highest BCUT2D eigenvalue weighted by Gasteiger charge is 2.14. The molecule has 3 heteroatoms. The fourth-order valence-corrected chi connectivity index (χ4v) is 2.05. The van der Waals surface area contributed by atoms with Crippen molar-refractivity contribution in [2.24, 2.45) is 5.73 Å². The SMILES string of the molecule is CC(C)c1cccc(Oc2c(F)cccc2[C@@H](C)N)c1. The summed E-state index contributed by atoms with van der Waals surface area (Å²) >= 11 is 0. The molecule has 0 unspecified atom stereocenters. The highest BCUT2D eigenvalue weighted by atomic mass is 19.1. The Bertz CT molecular complexity index is 593. The van der Waals surface area contributed by atoms with E-state index in [1.807, 2.05) is 31.2 Å². The Hall–Kier alpha value is -1.87. The molecule has 2 aromatic carbocycles. The van der Waals surface area contributed by atoms with Crippen molar-refractivity contribution in [3.8, 4) is 11.5 Å². The van der Waals surface area contributed by atoms with Gasteiger partial charge in [-0.05, 0) is 36.6 Å². The first-order chi connectivity index (χ1) is 9.49. The summed E-state index contributed by atoms with van der Waals surface area (Å²) in [6.45, 7) is 6.03. The van der Waals surface area contributed by atoms with E-state index in [1.54, 1.807) is 12.1 Å². The van der Waals surface area contributed by atoms with Crippen LogP contribution in [-0.4, -0.2) is 0 Å². The van der Waals surface area contributed by atoms with Crippen LogP contribution in [0.1, 0.15) is 43.9 Å². The topological polar surface area (TPSA) is 35.2 Å². The summed E-state index contributed by atoms with van der Waals surface area (Å²) in [5, 5.41) is 0. The van der Waals surface area contributed by atoms with Crippen molar-refractivity contribution in [2.45, 2.75) is 32.7 Å². The molecule has 106 valence electrons. The van der Waals surface area contributed by atoms with Crippen molar-refractivity contribution in [3.63, 3.8) is 0 Å². The average molecular weight is 273 g/mol. The number of rotatable bonds is 4. The standard InChI is InChI=1S/C17H20FNO/c1-11(2)13-6-4-7-14(10-13)20-17-15(12(3)19)8-5-9-16(17)18/h4-12H,19H2,1-3H3/t12-/m1/s1. The predicted octanol–water partition coefficient (Wildman–Crippen LogP) is 4.76. The van der Waals surface area contributed by atoms with Crippen LogP contribution in [0.2, 0.25) is 0 Å². The molecule has 20 heavy (non-hydrogen) atoms. The smallest absolute Gasteiger partial charge is 0.167 e. The van der Waals surface area contributed by atoms with Gasteiger partial charge in [-0.3, -0.25) is 0 Å². The Morgan fingerprint density at radius 2 is 1.75 bits per heavy atom. The number of hydrogen-bond donors (Lipinski definition) is 1. The second kappa shape index (κ2) is 6.06. The zero-order chi connectivity index (χ0) is 14.7. The van der Waals surface area contributed by atoms with Gasteiger partial charge in [-0.25, -0.2) is 4.39 Å². The van der Waals surface area contributed by atoms with Gasteiger partial charge in [0.1, 0.15) is 5.75 Å². The fraction of sp³-hybridized carbons (Fsp3) is 0.294. The van der Waals surface area contributed by atoms with Crippen LogP contribution in [0, 0.1) is 5.82 Å². The van der Waals surface area contributed by atoms with Gasteiger partial charge in [-0.1, -0.05) is 38.1 Å². The van der Waals surface area contributed by atoms with Gasteiger partial charge < -0.3 is 10.5 Å². The molecule has 1 atom stereocenters. The van der Waals surface area contributed by atoms with Crippen LogP contribution in [0.15, 0.2) is 42.5 Å². The van der Waals surface area contributed by atoms with Crippen LogP contribution in [0.3, 0.4) is 0 Å². The van der Waals surface area contributed by atoms with E-state index in [0.29, 0.717) is 17.2 Å². The molecule has 0 amide bonds. The number of benzene rings is 2. The quantitative estimate of drug-likeness (QED) is 0.871. The number of nitrogens with two attached hydrogens (primary N) is 1. The van der Waals surface area contributed by atoms with E-state index >= 15 is 0 Å². The second-order valence-electron chi connectivity index (χ2n) is 5.28. The molecule has 0 heterocycles. The highest BCUT2D eigenvalue weighted by molar-refractivity contribution is 5.41. The molecule has 0 spiro atoms. The van der Waals surface area contributed by atoms with Crippen molar-refractivity contribution >= 4 is 0 Å². The van der Waals surface area contributed by atoms with Crippen LogP contribution in [0.25, 0.3) is 0 Å². The summed E-state index contributed by atoms with van der Waals surface area (Å²) in [7, 11) is 0. The summed E-state index contributed by atoms with van der Waals surface area (Å²) in [5.74, 6) is 0.841. The zero-order valence-corrected chi connectivity index (χ0v) is 12.1. The lowest BCUT2D eigenvalue weighted by Gasteiger charge is -2.15. The minimum atomic E-state index is -0.394. The summed E-state index contributed by atoms with van der Waals surface area (Å²) in [6.07, 6.45) is 0. The van der Waals surface area contributed by atoms with E-state index in [-0.39, 0.29) is 11.8 Å². The van der Waals surface area contributed by atoms with Crippen molar-refractivity contribution < 1.29 is 9.13 Å². The zero-order valence-electron chi connectivity index (χ0n) is 12.1. The largest absolute Gasteiger partial charge is 0.454 e. The normalized spacial score (nSPS) is 12.5. The lowest BCUT2D eigenvalue weighted by Crippen LogP contribution is -2.07. The first-order valence-corrected chi connectivity index (χ1v) is 6.81. The molecule has 0 aliphatic carbocycles. The molecule has 2 N–H and O–H groups in total. The van der Waals surface area contributed by atoms with Gasteiger partial charge in [0.15, 0.2) is 11.6 Å². The Morgan fingerprint density at radius 1 is 1.05 bits per heavy atom. The Balaban J connectivity index is 2.37. The number of ether oxygens (including phenoxy) is 1. The lowest BCUT2D eigenvalue weighted by molar-refractivity contribution is 0.432. The van der Waals surface area contributed by atoms with E-state index in [1.165, 1.54) is 6.07 Å². The number of halogens is 1. The molecule has 0 aliphatic heterocycles. The summed E-state index contributed by atoms with van der Waals surface area (Å²) < 4.78 is 19.7. The Morgan fingerprint density at radius 3 is 2.40 bits per heavy atom.